The van der Waals surface area contributed by atoms with Gasteiger partial charge in [-0.2, -0.15) is 0 Å². The second kappa shape index (κ2) is 6.89. The average Bonchev–Trinajstić information content (AvgIpc) is 2.77. The van der Waals surface area contributed by atoms with Crippen LogP contribution in [0, 0.1) is 0 Å². The predicted molar refractivity (Wildman–Crippen MR) is 64.4 cm³/mol. The van der Waals surface area contributed by atoms with E-state index >= 15 is 0 Å². The molecule has 1 aliphatic heterocycles. The number of likely N-dealkylation sites (tertiary alicyclic amines) is 1. The summed E-state index contributed by atoms with van der Waals surface area (Å²) in [6, 6.07) is -0.346. The molecule has 0 aromatic heterocycles. The summed E-state index contributed by atoms with van der Waals surface area (Å²) in [5.41, 5.74) is 0. The van der Waals surface area contributed by atoms with E-state index in [-0.39, 0.29) is 17.9 Å². The van der Waals surface area contributed by atoms with Crippen LogP contribution < -0.4 is 0 Å². The maximum absolute atomic E-state index is 11.9. The highest BCUT2D eigenvalue weighted by Gasteiger charge is 2.34. The standard InChI is InChI=1S/C11H18BrNO3/c1-16-11(15)9-5-4-8-13(9)10(14)6-2-3-7-12/h9H,2-8H2,1H3. The molecule has 0 spiro atoms. The first-order chi connectivity index (χ1) is 7.70. The quantitative estimate of drug-likeness (QED) is 0.440. The summed E-state index contributed by atoms with van der Waals surface area (Å²) >= 11 is 3.33. The molecule has 1 unspecified atom stereocenters. The number of ether oxygens (including phenoxy) is 1. The van der Waals surface area contributed by atoms with Crippen LogP contribution in [0.2, 0.25) is 0 Å². The minimum atomic E-state index is -0.346. The number of hydrogen-bond donors (Lipinski definition) is 0. The Labute approximate surface area is 104 Å². The molecule has 1 fully saturated rings. The molecule has 4 nitrogen and oxygen atoms in total. The molecular formula is C11H18BrNO3. The lowest BCUT2D eigenvalue weighted by Crippen LogP contribution is -2.40. The SMILES string of the molecule is COC(=O)C1CCCN1C(=O)CCCCBr. The first-order valence-electron chi connectivity index (χ1n) is 5.64. The lowest BCUT2D eigenvalue weighted by molar-refractivity contribution is -0.151. The van der Waals surface area contributed by atoms with E-state index in [1.54, 1.807) is 4.90 Å². The molecule has 0 radical (unpaired) electrons. The number of rotatable bonds is 5. The summed E-state index contributed by atoms with van der Waals surface area (Å²) in [5, 5.41) is 0.917. The van der Waals surface area contributed by atoms with E-state index in [1.165, 1.54) is 7.11 Å². The van der Waals surface area contributed by atoms with Gasteiger partial charge in [-0.15, -0.1) is 0 Å². The summed E-state index contributed by atoms with van der Waals surface area (Å²) in [6.45, 7) is 0.687. The highest BCUT2D eigenvalue weighted by Crippen LogP contribution is 2.20. The van der Waals surface area contributed by atoms with E-state index in [2.05, 4.69) is 15.9 Å². The highest BCUT2D eigenvalue weighted by atomic mass is 79.9. The van der Waals surface area contributed by atoms with E-state index in [0.29, 0.717) is 13.0 Å². The van der Waals surface area contributed by atoms with Crippen LogP contribution in [0.25, 0.3) is 0 Å². The normalized spacial score (nSPS) is 19.9. The van der Waals surface area contributed by atoms with Gasteiger partial charge < -0.3 is 9.64 Å². The molecular weight excluding hydrogens is 274 g/mol. The lowest BCUT2D eigenvalue weighted by atomic mass is 10.2. The van der Waals surface area contributed by atoms with Crippen LogP contribution in [0.15, 0.2) is 0 Å². The minimum Gasteiger partial charge on any atom is -0.467 e. The fourth-order valence-electron chi connectivity index (χ4n) is 1.96. The van der Waals surface area contributed by atoms with Gasteiger partial charge in [0.25, 0.3) is 0 Å². The summed E-state index contributed by atoms with van der Waals surface area (Å²) in [6.07, 6.45) is 4.01. The Morgan fingerprint density at radius 2 is 2.19 bits per heavy atom. The molecule has 92 valence electrons. The zero-order valence-corrected chi connectivity index (χ0v) is 11.2. The van der Waals surface area contributed by atoms with Crippen molar-refractivity contribution in [2.75, 3.05) is 19.0 Å². The van der Waals surface area contributed by atoms with Crippen molar-refractivity contribution in [2.45, 2.75) is 38.1 Å². The lowest BCUT2D eigenvalue weighted by Gasteiger charge is -2.22. The third-order valence-corrected chi connectivity index (χ3v) is 3.38. The molecule has 0 aromatic carbocycles. The Kier molecular flexibility index (Phi) is 5.80. The smallest absolute Gasteiger partial charge is 0.328 e. The average molecular weight is 292 g/mol. The molecule has 1 rings (SSSR count). The Hall–Kier alpha value is -0.580. The molecule has 1 aliphatic rings. The minimum absolute atomic E-state index is 0.0776. The maximum Gasteiger partial charge on any atom is 0.328 e. The molecule has 0 bridgehead atoms. The van der Waals surface area contributed by atoms with E-state index in [9.17, 15) is 9.59 Å². The highest BCUT2D eigenvalue weighted by molar-refractivity contribution is 9.09. The second-order valence-corrected chi connectivity index (χ2v) is 4.71. The van der Waals surface area contributed by atoms with E-state index in [0.717, 1.165) is 31.0 Å². The van der Waals surface area contributed by atoms with Crippen LogP contribution >= 0.6 is 15.9 Å². The van der Waals surface area contributed by atoms with E-state index in [1.807, 2.05) is 0 Å². The summed E-state index contributed by atoms with van der Waals surface area (Å²) < 4.78 is 4.70. The van der Waals surface area contributed by atoms with Crippen molar-refractivity contribution < 1.29 is 14.3 Å². The number of hydrogen-bond acceptors (Lipinski definition) is 3. The van der Waals surface area contributed by atoms with Crippen molar-refractivity contribution in [1.82, 2.24) is 4.90 Å². The van der Waals surface area contributed by atoms with Crippen LogP contribution in [0.4, 0.5) is 0 Å². The predicted octanol–water partition coefficient (Wildman–Crippen LogP) is 1.72. The van der Waals surface area contributed by atoms with Crippen molar-refractivity contribution >= 4 is 27.8 Å². The first kappa shape index (κ1) is 13.5. The van der Waals surface area contributed by atoms with Crippen LogP contribution in [-0.2, 0) is 14.3 Å². The Balaban J connectivity index is 2.44. The van der Waals surface area contributed by atoms with Crippen LogP contribution in [0.1, 0.15) is 32.1 Å². The van der Waals surface area contributed by atoms with E-state index < -0.39 is 0 Å². The number of nitrogens with zero attached hydrogens (tertiary/aromatic N) is 1. The summed E-state index contributed by atoms with van der Waals surface area (Å²) in [7, 11) is 1.37. The van der Waals surface area contributed by atoms with Crippen molar-refractivity contribution in [3.63, 3.8) is 0 Å². The van der Waals surface area contributed by atoms with Crippen LogP contribution in [0.3, 0.4) is 0 Å². The van der Waals surface area contributed by atoms with Gasteiger partial charge in [-0.3, -0.25) is 4.79 Å². The molecule has 16 heavy (non-hydrogen) atoms. The number of amides is 1. The van der Waals surface area contributed by atoms with Gasteiger partial charge in [-0.25, -0.2) is 4.79 Å². The van der Waals surface area contributed by atoms with Gasteiger partial charge >= 0.3 is 5.97 Å². The number of esters is 1. The topological polar surface area (TPSA) is 46.6 Å². The second-order valence-electron chi connectivity index (χ2n) is 3.91. The molecule has 0 aliphatic carbocycles. The van der Waals surface area contributed by atoms with Gasteiger partial charge in [-0.1, -0.05) is 15.9 Å². The van der Waals surface area contributed by atoms with Crippen molar-refractivity contribution in [1.29, 1.82) is 0 Å². The Morgan fingerprint density at radius 3 is 2.81 bits per heavy atom. The van der Waals surface area contributed by atoms with E-state index in [4.69, 9.17) is 4.74 Å². The Morgan fingerprint density at radius 1 is 1.44 bits per heavy atom. The monoisotopic (exact) mass is 291 g/mol. The summed E-state index contributed by atoms with van der Waals surface area (Å²) in [4.78, 5) is 25.0. The molecule has 0 saturated carbocycles. The van der Waals surface area contributed by atoms with Gasteiger partial charge in [0.1, 0.15) is 6.04 Å². The summed E-state index contributed by atoms with van der Waals surface area (Å²) in [5.74, 6) is -0.208. The largest absolute Gasteiger partial charge is 0.467 e. The number of unbranched alkanes of at least 4 members (excludes halogenated alkanes) is 1. The zero-order valence-electron chi connectivity index (χ0n) is 9.58. The van der Waals surface area contributed by atoms with Crippen LogP contribution in [-0.4, -0.2) is 41.8 Å². The fourth-order valence-corrected chi connectivity index (χ4v) is 2.36. The molecule has 5 heteroatoms. The van der Waals surface area contributed by atoms with Gasteiger partial charge in [0.2, 0.25) is 5.91 Å². The first-order valence-corrected chi connectivity index (χ1v) is 6.76. The molecule has 0 aromatic rings. The molecule has 1 atom stereocenters. The number of carbonyl (C=O) groups is 2. The van der Waals surface area contributed by atoms with Gasteiger partial charge in [0, 0.05) is 18.3 Å². The zero-order chi connectivity index (χ0) is 12.0. The third-order valence-electron chi connectivity index (χ3n) is 2.82. The number of halogens is 1. The number of carbonyl (C=O) groups excluding carboxylic acids is 2. The fraction of sp³-hybridized carbons (Fsp3) is 0.818. The Bertz CT molecular complexity index is 258. The third kappa shape index (κ3) is 3.47. The van der Waals surface area contributed by atoms with Gasteiger partial charge in [-0.05, 0) is 25.7 Å². The maximum atomic E-state index is 11.9. The molecule has 1 heterocycles. The van der Waals surface area contributed by atoms with Crippen molar-refractivity contribution in [3.8, 4) is 0 Å². The molecule has 1 amide bonds. The van der Waals surface area contributed by atoms with Crippen molar-refractivity contribution in [2.24, 2.45) is 0 Å². The number of alkyl halides is 1. The molecule has 1 saturated heterocycles. The van der Waals surface area contributed by atoms with Gasteiger partial charge in [0.15, 0.2) is 0 Å². The van der Waals surface area contributed by atoms with Gasteiger partial charge in [0.05, 0.1) is 7.11 Å². The van der Waals surface area contributed by atoms with Crippen LogP contribution in [0.5, 0.6) is 0 Å². The molecule has 0 N–H and O–H groups in total. The van der Waals surface area contributed by atoms with Crippen molar-refractivity contribution in [3.05, 3.63) is 0 Å². The number of methoxy groups -OCH3 is 1.